The molecule has 100 valence electrons. The quantitative estimate of drug-likeness (QED) is 0.707. The topological polar surface area (TPSA) is 78.4 Å². The summed E-state index contributed by atoms with van der Waals surface area (Å²) in [4.78, 5) is 22.8. The highest BCUT2D eigenvalue weighted by atomic mass is 16.4. The number of carboxylic acid groups (broad SMARTS) is 1. The molecule has 5 heteroatoms. The lowest BCUT2D eigenvalue weighted by Gasteiger charge is -2.30. The Morgan fingerprint density at radius 2 is 1.65 bits per heavy atom. The van der Waals surface area contributed by atoms with Gasteiger partial charge >= 0.3 is 12.0 Å². The molecule has 0 aliphatic carbocycles. The zero-order valence-electron chi connectivity index (χ0n) is 11.5. The van der Waals surface area contributed by atoms with E-state index in [2.05, 4.69) is 10.6 Å². The van der Waals surface area contributed by atoms with Crippen LogP contribution in [-0.2, 0) is 4.79 Å². The van der Waals surface area contributed by atoms with E-state index < -0.39 is 23.5 Å². The molecule has 3 N–H and O–H groups in total. The van der Waals surface area contributed by atoms with Gasteiger partial charge in [-0.15, -0.1) is 0 Å². The lowest BCUT2D eigenvalue weighted by atomic mass is 9.87. The maximum atomic E-state index is 11.7. The van der Waals surface area contributed by atoms with Crippen LogP contribution in [0.4, 0.5) is 4.79 Å². The summed E-state index contributed by atoms with van der Waals surface area (Å²) in [7, 11) is 0. The van der Waals surface area contributed by atoms with Crippen LogP contribution in [0.2, 0.25) is 0 Å². The van der Waals surface area contributed by atoms with Crippen molar-refractivity contribution in [3.8, 4) is 0 Å². The fourth-order valence-corrected chi connectivity index (χ4v) is 1.21. The third kappa shape index (κ3) is 5.56. The van der Waals surface area contributed by atoms with E-state index in [0.717, 1.165) is 6.42 Å². The van der Waals surface area contributed by atoms with Gasteiger partial charge in [-0.25, -0.2) is 9.59 Å². The second kappa shape index (κ2) is 5.38. The molecule has 0 bridgehead atoms. The summed E-state index contributed by atoms with van der Waals surface area (Å²) in [6, 6.07) is -1.35. The van der Waals surface area contributed by atoms with Crippen molar-refractivity contribution in [2.75, 3.05) is 0 Å². The Balaban J connectivity index is 4.60. The Bertz CT molecular complexity index is 293. The number of carboxylic acids is 1. The molecule has 0 rings (SSSR count). The maximum absolute atomic E-state index is 11.7. The highest BCUT2D eigenvalue weighted by Crippen LogP contribution is 2.19. The number of urea groups is 1. The fourth-order valence-electron chi connectivity index (χ4n) is 1.21. The van der Waals surface area contributed by atoms with Crippen molar-refractivity contribution in [2.45, 2.75) is 59.5 Å². The normalized spacial score (nSPS) is 14.0. The first kappa shape index (κ1) is 15.7. The highest BCUT2D eigenvalue weighted by molar-refractivity contribution is 5.83. The molecule has 0 radical (unpaired) electrons. The maximum Gasteiger partial charge on any atom is 0.326 e. The Labute approximate surface area is 103 Å². The summed E-state index contributed by atoms with van der Waals surface area (Å²) >= 11 is 0. The zero-order valence-corrected chi connectivity index (χ0v) is 11.5. The molecule has 0 fully saturated rings. The van der Waals surface area contributed by atoms with Gasteiger partial charge in [-0.1, -0.05) is 27.7 Å². The molecule has 0 spiro atoms. The van der Waals surface area contributed by atoms with Crippen molar-refractivity contribution in [2.24, 2.45) is 5.41 Å². The smallest absolute Gasteiger partial charge is 0.326 e. The van der Waals surface area contributed by atoms with Gasteiger partial charge in [0.1, 0.15) is 6.04 Å². The number of carbonyl (C=O) groups is 2. The number of aliphatic carboxylic acids is 1. The van der Waals surface area contributed by atoms with E-state index in [1.165, 1.54) is 0 Å². The summed E-state index contributed by atoms with van der Waals surface area (Å²) in [6.45, 7) is 11.1. The van der Waals surface area contributed by atoms with E-state index in [0.29, 0.717) is 0 Å². The number of hydrogen-bond donors (Lipinski definition) is 3. The minimum atomic E-state index is -1.03. The monoisotopic (exact) mass is 244 g/mol. The molecule has 0 aromatic rings. The molecule has 0 unspecified atom stereocenters. The third-order valence-electron chi connectivity index (χ3n) is 2.72. The zero-order chi connectivity index (χ0) is 13.9. The predicted molar refractivity (Wildman–Crippen MR) is 66.9 cm³/mol. The van der Waals surface area contributed by atoms with Gasteiger partial charge < -0.3 is 15.7 Å². The fraction of sp³-hybridized carbons (Fsp3) is 0.833. The first-order valence-corrected chi connectivity index (χ1v) is 5.81. The van der Waals surface area contributed by atoms with Crippen molar-refractivity contribution in [3.05, 3.63) is 0 Å². The average molecular weight is 244 g/mol. The van der Waals surface area contributed by atoms with Crippen molar-refractivity contribution < 1.29 is 14.7 Å². The number of rotatable bonds is 4. The van der Waals surface area contributed by atoms with E-state index in [9.17, 15) is 9.59 Å². The van der Waals surface area contributed by atoms with Gasteiger partial charge in [0.25, 0.3) is 0 Å². The predicted octanol–water partition coefficient (Wildman–Crippen LogP) is 1.97. The SMILES string of the molecule is CCC(C)(C)NC(=O)N[C@@H](C(=O)O)C(C)(C)C. The minimum Gasteiger partial charge on any atom is -0.480 e. The molecule has 17 heavy (non-hydrogen) atoms. The summed E-state index contributed by atoms with van der Waals surface area (Å²) in [5, 5.41) is 14.3. The largest absolute Gasteiger partial charge is 0.480 e. The Hall–Kier alpha value is -1.26. The molecule has 2 amide bonds. The molecule has 0 aliphatic rings. The molecule has 1 atom stereocenters. The van der Waals surface area contributed by atoms with Crippen LogP contribution >= 0.6 is 0 Å². The lowest BCUT2D eigenvalue weighted by molar-refractivity contribution is -0.141. The Kier molecular flexibility index (Phi) is 4.98. The molecule has 0 heterocycles. The van der Waals surface area contributed by atoms with Gasteiger partial charge in [-0.3, -0.25) is 0 Å². The number of hydrogen-bond acceptors (Lipinski definition) is 2. The minimum absolute atomic E-state index is 0.342. The van der Waals surface area contributed by atoms with Crippen LogP contribution in [-0.4, -0.2) is 28.7 Å². The van der Waals surface area contributed by atoms with Gasteiger partial charge in [0.15, 0.2) is 0 Å². The van der Waals surface area contributed by atoms with Gasteiger partial charge in [-0.2, -0.15) is 0 Å². The van der Waals surface area contributed by atoms with Crippen LogP contribution in [0.1, 0.15) is 48.0 Å². The van der Waals surface area contributed by atoms with E-state index in [-0.39, 0.29) is 5.54 Å². The molecule has 0 saturated heterocycles. The summed E-state index contributed by atoms with van der Waals surface area (Å²) < 4.78 is 0. The lowest BCUT2D eigenvalue weighted by Crippen LogP contribution is -2.56. The van der Waals surface area contributed by atoms with Gasteiger partial charge in [-0.05, 0) is 25.7 Å². The number of amides is 2. The standard InChI is InChI=1S/C12H24N2O3/c1-7-12(5,6)14-10(17)13-8(9(15)16)11(2,3)4/h8H,7H2,1-6H3,(H,15,16)(H2,13,14,17)/t8-/m0/s1. The van der Waals surface area contributed by atoms with Crippen LogP contribution in [0.3, 0.4) is 0 Å². The first-order chi connectivity index (χ1) is 7.49. The van der Waals surface area contributed by atoms with Gasteiger partial charge in [0, 0.05) is 5.54 Å². The Morgan fingerprint density at radius 1 is 1.18 bits per heavy atom. The van der Waals surface area contributed by atoms with Crippen LogP contribution in [0, 0.1) is 5.41 Å². The molecule has 0 aliphatic heterocycles. The second-order valence-corrected chi connectivity index (χ2v) is 5.97. The van der Waals surface area contributed by atoms with Crippen LogP contribution in [0.5, 0.6) is 0 Å². The first-order valence-electron chi connectivity index (χ1n) is 5.81. The van der Waals surface area contributed by atoms with Crippen molar-refractivity contribution >= 4 is 12.0 Å². The molecular formula is C12H24N2O3. The second-order valence-electron chi connectivity index (χ2n) is 5.97. The van der Waals surface area contributed by atoms with E-state index in [1.807, 2.05) is 20.8 Å². The number of nitrogens with one attached hydrogen (secondary N) is 2. The van der Waals surface area contributed by atoms with Gasteiger partial charge in [0.2, 0.25) is 0 Å². The van der Waals surface area contributed by atoms with Crippen LogP contribution in [0.15, 0.2) is 0 Å². The third-order valence-corrected chi connectivity index (χ3v) is 2.72. The molecule has 5 nitrogen and oxygen atoms in total. The van der Waals surface area contributed by atoms with Crippen molar-refractivity contribution in [3.63, 3.8) is 0 Å². The molecule has 0 aromatic carbocycles. The average Bonchev–Trinajstić information content (AvgIpc) is 2.11. The summed E-state index contributed by atoms with van der Waals surface area (Å²) in [5.74, 6) is -1.03. The number of carbonyl (C=O) groups excluding carboxylic acids is 1. The highest BCUT2D eigenvalue weighted by Gasteiger charge is 2.33. The van der Waals surface area contributed by atoms with E-state index in [1.54, 1.807) is 20.8 Å². The van der Waals surface area contributed by atoms with Crippen molar-refractivity contribution in [1.29, 1.82) is 0 Å². The summed E-state index contributed by atoms with van der Waals surface area (Å²) in [5.41, 5.74) is -0.870. The van der Waals surface area contributed by atoms with Crippen LogP contribution in [0.25, 0.3) is 0 Å². The van der Waals surface area contributed by atoms with Crippen molar-refractivity contribution in [1.82, 2.24) is 10.6 Å². The van der Waals surface area contributed by atoms with Crippen LogP contribution < -0.4 is 10.6 Å². The van der Waals surface area contributed by atoms with E-state index >= 15 is 0 Å². The van der Waals surface area contributed by atoms with E-state index in [4.69, 9.17) is 5.11 Å². The Morgan fingerprint density at radius 3 is 1.94 bits per heavy atom. The summed E-state index contributed by atoms with van der Waals surface area (Å²) in [6.07, 6.45) is 0.772. The van der Waals surface area contributed by atoms with Gasteiger partial charge in [0.05, 0.1) is 0 Å². The molecule has 0 aromatic heterocycles. The molecular weight excluding hydrogens is 220 g/mol. The molecule has 0 saturated carbocycles.